The Labute approximate surface area is 111 Å². The van der Waals surface area contributed by atoms with Crippen molar-refractivity contribution in [2.75, 3.05) is 26.2 Å². The van der Waals surface area contributed by atoms with Crippen molar-refractivity contribution in [1.29, 1.82) is 0 Å². The Bertz CT molecular complexity index is 292. The molecule has 3 aliphatic rings. The second-order valence-electron chi connectivity index (χ2n) is 6.69. The molecule has 3 fully saturated rings. The van der Waals surface area contributed by atoms with Crippen molar-refractivity contribution in [3.05, 3.63) is 0 Å². The highest BCUT2D eigenvalue weighted by atomic mass is 16.5. The van der Waals surface area contributed by atoms with Gasteiger partial charge in [0.2, 0.25) is 0 Å². The summed E-state index contributed by atoms with van der Waals surface area (Å²) in [6.07, 6.45) is 7.09. The van der Waals surface area contributed by atoms with E-state index < -0.39 is 0 Å². The predicted octanol–water partition coefficient (Wildman–Crippen LogP) is 2.02. The minimum atomic E-state index is 0.299. The molecule has 0 radical (unpaired) electrons. The first kappa shape index (κ1) is 12.9. The first-order valence-electron chi connectivity index (χ1n) is 7.82. The monoisotopic (exact) mass is 252 g/mol. The van der Waals surface area contributed by atoms with Crippen molar-refractivity contribution in [3.8, 4) is 0 Å². The fraction of sp³-hybridized carbons (Fsp3) is 1.00. The Hall–Kier alpha value is -0.120. The highest BCUT2D eigenvalue weighted by Crippen LogP contribution is 2.40. The van der Waals surface area contributed by atoms with Crippen LogP contribution in [0.15, 0.2) is 0 Å². The summed E-state index contributed by atoms with van der Waals surface area (Å²) >= 11 is 0. The molecule has 0 spiro atoms. The number of ether oxygens (including phenoxy) is 1. The van der Waals surface area contributed by atoms with Crippen LogP contribution in [0.5, 0.6) is 0 Å². The van der Waals surface area contributed by atoms with E-state index in [0.717, 1.165) is 12.5 Å². The van der Waals surface area contributed by atoms with Crippen LogP contribution in [0.1, 0.15) is 46.0 Å². The van der Waals surface area contributed by atoms with E-state index in [-0.39, 0.29) is 0 Å². The third-order valence-corrected chi connectivity index (χ3v) is 5.17. The molecule has 3 unspecified atom stereocenters. The molecule has 0 aromatic heterocycles. The molecular weight excluding hydrogens is 224 g/mol. The quantitative estimate of drug-likeness (QED) is 0.831. The van der Waals surface area contributed by atoms with Gasteiger partial charge in [0, 0.05) is 24.7 Å². The van der Waals surface area contributed by atoms with Crippen LogP contribution >= 0.6 is 0 Å². The van der Waals surface area contributed by atoms with Gasteiger partial charge in [0.1, 0.15) is 0 Å². The van der Waals surface area contributed by atoms with Gasteiger partial charge in [-0.25, -0.2) is 0 Å². The Morgan fingerprint density at radius 2 is 2.17 bits per heavy atom. The third kappa shape index (κ3) is 2.59. The summed E-state index contributed by atoms with van der Waals surface area (Å²) in [4.78, 5) is 2.74. The molecule has 2 heterocycles. The number of hydrogen-bond acceptors (Lipinski definition) is 3. The van der Waals surface area contributed by atoms with Gasteiger partial charge in [-0.1, -0.05) is 6.92 Å². The van der Waals surface area contributed by atoms with Crippen LogP contribution in [0.25, 0.3) is 0 Å². The van der Waals surface area contributed by atoms with Crippen molar-refractivity contribution in [2.24, 2.45) is 5.92 Å². The van der Waals surface area contributed by atoms with Crippen molar-refractivity contribution in [3.63, 3.8) is 0 Å². The van der Waals surface area contributed by atoms with Crippen molar-refractivity contribution in [1.82, 2.24) is 10.2 Å². The minimum absolute atomic E-state index is 0.299. The largest absolute Gasteiger partial charge is 0.376 e. The van der Waals surface area contributed by atoms with Crippen LogP contribution in [0, 0.1) is 5.92 Å². The van der Waals surface area contributed by atoms with Crippen LogP contribution in [0.4, 0.5) is 0 Å². The van der Waals surface area contributed by atoms with Gasteiger partial charge in [-0.3, -0.25) is 4.90 Å². The second kappa shape index (κ2) is 5.10. The average molecular weight is 252 g/mol. The summed E-state index contributed by atoms with van der Waals surface area (Å²) in [7, 11) is 0. The summed E-state index contributed by atoms with van der Waals surface area (Å²) in [5.74, 6) is 0.876. The molecule has 3 rings (SSSR count). The van der Waals surface area contributed by atoms with E-state index in [1.807, 2.05) is 0 Å². The van der Waals surface area contributed by atoms with Gasteiger partial charge in [-0.2, -0.15) is 0 Å². The van der Waals surface area contributed by atoms with Crippen LogP contribution in [0.3, 0.4) is 0 Å². The Kier molecular flexibility index (Phi) is 3.65. The Morgan fingerprint density at radius 3 is 2.89 bits per heavy atom. The topological polar surface area (TPSA) is 24.5 Å². The molecular formula is C15H28N2O. The molecule has 1 N–H and O–H groups in total. The highest BCUT2D eigenvalue weighted by molar-refractivity contribution is 4.98. The fourth-order valence-electron chi connectivity index (χ4n) is 3.64. The second-order valence-corrected chi connectivity index (χ2v) is 6.69. The third-order valence-electron chi connectivity index (χ3n) is 5.17. The minimum Gasteiger partial charge on any atom is -0.376 e. The van der Waals surface area contributed by atoms with E-state index in [9.17, 15) is 0 Å². The van der Waals surface area contributed by atoms with Crippen LogP contribution in [-0.2, 0) is 4.74 Å². The molecule has 0 amide bonds. The van der Waals surface area contributed by atoms with E-state index in [2.05, 4.69) is 24.1 Å². The summed E-state index contributed by atoms with van der Waals surface area (Å²) < 4.78 is 6.02. The van der Waals surface area contributed by atoms with Crippen LogP contribution in [0.2, 0.25) is 0 Å². The van der Waals surface area contributed by atoms with Crippen molar-refractivity contribution in [2.45, 2.75) is 63.6 Å². The molecule has 2 aliphatic heterocycles. The van der Waals surface area contributed by atoms with Gasteiger partial charge >= 0.3 is 0 Å². The zero-order valence-corrected chi connectivity index (χ0v) is 12.0. The molecule has 1 saturated carbocycles. The van der Waals surface area contributed by atoms with E-state index >= 15 is 0 Å². The highest BCUT2D eigenvalue weighted by Gasteiger charge is 2.44. The van der Waals surface area contributed by atoms with Crippen molar-refractivity contribution >= 4 is 0 Å². The normalized spacial score (nSPS) is 43.0. The zero-order chi connectivity index (χ0) is 12.6. The Balaban J connectivity index is 1.69. The van der Waals surface area contributed by atoms with E-state index in [1.54, 1.807) is 0 Å². The maximum atomic E-state index is 6.02. The lowest BCUT2D eigenvalue weighted by atomic mass is 9.96. The van der Waals surface area contributed by atoms with Crippen molar-refractivity contribution < 1.29 is 4.74 Å². The first-order chi connectivity index (χ1) is 8.72. The molecule has 3 nitrogen and oxygen atoms in total. The lowest BCUT2D eigenvalue weighted by Crippen LogP contribution is -2.52. The van der Waals surface area contributed by atoms with Gasteiger partial charge in [0.15, 0.2) is 0 Å². The molecule has 18 heavy (non-hydrogen) atoms. The van der Waals surface area contributed by atoms with Crippen LogP contribution < -0.4 is 5.32 Å². The van der Waals surface area contributed by atoms with E-state index in [0.29, 0.717) is 17.7 Å². The summed E-state index contributed by atoms with van der Waals surface area (Å²) in [6.45, 7) is 9.29. The summed E-state index contributed by atoms with van der Waals surface area (Å²) in [5, 5.41) is 3.74. The van der Waals surface area contributed by atoms with Crippen LogP contribution in [-0.4, -0.2) is 48.8 Å². The number of nitrogens with one attached hydrogen (secondary N) is 1. The van der Waals surface area contributed by atoms with Gasteiger partial charge in [0.25, 0.3) is 0 Å². The molecule has 3 atom stereocenters. The zero-order valence-electron chi connectivity index (χ0n) is 12.0. The molecule has 0 bridgehead atoms. The molecule has 0 aromatic rings. The van der Waals surface area contributed by atoms with Gasteiger partial charge in [-0.05, 0) is 58.0 Å². The SMILES string of the molecule is CCC1(C)CN(C2CCOC2C2CC2)CCCN1. The van der Waals surface area contributed by atoms with Gasteiger partial charge in [0.05, 0.1) is 6.10 Å². The standard InChI is InChI=1S/C15H28N2O/c1-3-15(2)11-17(9-4-8-16-15)13-7-10-18-14(13)12-5-6-12/h12-14,16H,3-11H2,1-2H3. The summed E-state index contributed by atoms with van der Waals surface area (Å²) in [5.41, 5.74) is 0.299. The predicted molar refractivity (Wildman–Crippen MR) is 73.8 cm³/mol. The fourth-order valence-corrected chi connectivity index (χ4v) is 3.64. The molecule has 1 aliphatic carbocycles. The lowest BCUT2D eigenvalue weighted by Gasteiger charge is -2.37. The smallest absolute Gasteiger partial charge is 0.0759 e. The number of nitrogens with zero attached hydrogens (tertiary/aromatic N) is 1. The maximum Gasteiger partial charge on any atom is 0.0759 e. The lowest BCUT2D eigenvalue weighted by molar-refractivity contribution is 0.0400. The molecule has 0 aromatic carbocycles. The summed E-state index contributed by atoms with van der Waals surface area (Å²) in [6, 6.07) is 0.697. The molecule has 3 heteroatoms. The maximum absolute atomic E-state index is 6.02. The number of hydrogen-bond donors (Lipinski definition) is 1. The van der Waals surface area contributed by atoms with Gasteiger partial charge < -0.3 is 10.1 Å². The van der Waals surface area contributed by atoms with Gasteiger partial charge in [-0.15, -0.1) is 0 Å². The molecule has 2 saturated heterocycles. The first-order valence-corrected chi connectivity index (χ1v) is 7.82. The Morgan fingerprint density at radius 1 is 1.33 bits per heavy atom. The van der Waals surface area contributed by atoms with E-state index in [4.69, 9.17) is 4.74 Å². The van der Waals surface area contributed by atoms with E-state index in [1.165, 1.54) is 51.7 Å². The number of rotatable bonds is 3. The molecule has 104 valence electrons. The average Bonchev–Trinajstić information content (AvgIpc) is 3.14.